The maximum absolute atomic E-state index is 12.2. The fourth-order valence-corrected chi connectivity index (χ4v) is 1.79. The molecule has 1 amide bonds. The van der Waals surface area contributed by atoms with Crippen LogP contribution in [0.15, 0.2) is 29.7 Å². The minimum absolute atomic E-state index is 0.222. The van der Waals surface area contributed by atoms with E-state index in [-0.39, 0.29) is 11.8 Å². The topological polar surface area (TPSA) is 80.6 Å². The van der Waals surface area contributed by atoms with Crippen LogP contribution in [0, 0.1) is 11.3 Å². The van der Waals surface area contributed by atoms with Crippen LogP contribution in [-0.2, 0) is 4.74 Å². The van der Waals surface area contributed by atoms with Crippen molar-refractivity contribution < 1.29 is 19.0 Å². The third-order valence-corrected chi connectivity index (χ3v) is 2.85. The molecule has 0 aliphatic carbocycles. The van der Waals surface area contributed by atoms with E-state index in [2.05, 4.69) is 5.32 Å². The lowest BCUT2D eigenvalue weighted by atomic mass is 10.2. The van der Waals surface area contributed by atoms with Gasteiger partial charge in [-0.25, -0.2) is 0 Å². The third kappa shape index (κ3) is 2.83. The van der Waals surface area contributed by atoms with Gasteiger partial charge in [0.05, 0.1) is 26.4 Å². The highest BCUT2D eigenvalue weighted by Gasteiger charge is 2.19. The highest BCUT2D eigenvalue weighted by atomic mass is 16.5. The number of hydrogen-bond acceptors (Lipinski definition) is 5. The van der Waals surface area contributed by atoms with Gasteiger partial charge in [0.2, 0.25) is 5.88 Å². The predicted molar refractivity (Wildman–Crippen MR) is 70.2 cm³/mol. The van der Waals surface area contributed by atoms with Gasteiger partial charge in [-0.15, -0.1) is 0 Å². The molecule has 104 valence electrons. The second-order valence-corrected chi connectivity index (χ2v) is 4.07. The zero-order chi connectivity index (χ0) is 14.5. The number of nitrogens with one attached hydrogen (secondary N) is 1. The molecule has 0 atom stereocenters. The van der Waals surface area contributed by atoms with Crippen LogP contribution in [-0.4, -0.2) is 26.7 Å². The van der Waals surface area contributed by atoms with Gasteiger partial charge in [0.25, 0.3) is 5.91 Å². The average molecular weight is 274 g/mol. The molecule has 0 saturated carbocycles. The first-order valence-corrected chi connectivity index (χ1v) is 5.98. The van der Waals surface area contributed by atoms with Crippen molar-refractivity contribution in [1.29, 1.82) is 5.26 Å². The fraction of sp³-hybridized carbons (Fsp3) is 0.286. The predicted octanol–water partition coefficient (Wildman–Crippen LogP) is 1.59. The van der Waals surface area contributed by atoms with Crippen LogP contribution in [0.4, 0.5) is 0 Å². The Morgan fingerprint density at radius 1 is 1.30 bits per heavy atom. The lowest BCUT2D eigenvalue weighted by molar-refractivity contribution is 0.0929. The molecule has 1 aromatic rings. The quantitative estimate of drug-likeness (QED) is 0.901. The molecule has 6 nitrogen and oxygen atoms in total. The van der Waals surface area contributed by atoms with Gasteiger partial charge >= 0.3 is 0 Å². The maximum Gasteiger partial charge on any atom is 0.258 e. The van der Waals surface area contributed by atoms with E-state index in [4.69, 9.17) is 19.5 Å². The number of nitrogens with zero attached hydrogens (tertiary/aromatic N) is 1. The second-order valence-electron chi connectivity index (χ2n) is 4.07. The molecule has 0 fully saturated rings. The van der Waals surface area contributed by atoms with Gasteiger partial charge < -0.3 is 14.2 Å². The number of ether oxygens (including phenoxy) is 3. The van der Waals surface area contributed by atoms with Crippen LogP contribution in [0.3, 0.4) is 0 Å². The van der Waals surface area contributed by atoms with E-state index >= 15 is 0 Å². The Kier molecular flexibility index (Phi) is 4.11. The number of rotatable bonds is 4. The summed E-state index contributed by atoms with van der Waals surface area (Å²) in [5.74, 6) is 0.860. The Labute approximate surface area is 116 Å². The highest BCUT2D eigenvalue weighted by Crippen LogP contribution is 2.23. The lowest BCUT2D eigenvalue weighted by Gasteiger charge is -2.10. The van der Waals surface area contributed by atoms with Crippen molar-refractivity contribution in [2.24, 2.45) is 0 Å². The van der Waals surface area contributed by atoms with Crippen molar-refractivity contribution in [1.82, 2.24) is 5.32 Å². The smallest absolute Gasteiger partial charge is 0.258 e. The molecule has 0 unspecified atom stereocenters. The summed E-state index contributed by atoms with van der Waals surface area (Å²) in [5, 5.41) is 11.5. The Morgan fingerprint density at radius 2 is 1.95 bits per heavy atom. The molecule has 1 N–H and O–H groups in total. The van der Waals surface area contributed by atoms with Crippen molar-refractivity contribution in [2.45, 2.75) is 6.42 Å². The first kappa shape index (κ1) is 13.7. The summed E-state index contributed by atoms with van der Waals surface area (Å²) < 4.78 is 15.4. The molecule has 0 radical (unpaired) electrons. The maximum atomic E-state index is 12.2. The van der Waals surface area contributed by atoms with Crippen molar-refractivity contribution in [2.75, 3.05) is 20.8 Å². The van der Waals surface area contributed by atoms with Crippen LogP contribution >= 0.6 is 0 Å². The van der Waals surface area contributed by atoms with Crippen LogP contribution in [0.5, 0.6) is 11.5 Å². The standard InChI is InChI=1S/C14H14N2O4/c1-18-11-5-10(6-12(7-11)19-2)13(17)16-14-9(8-15)3-4-20-14/h5-7H,3-4H2,1-2H3,(H,16,17). The van der Waals surface area contributed by atoms with E-state index in [0.29, 0.717) is 35.7 Å². The number of hydrogen-bond donors (Lipinski definition) is 1. The van der Waals surface area contributed by atoms with E-state index < -0.39 is 0 Å². The van der Waals surface area contributed by atoms with Crippen LogP contribution < -0.4 is 14.8 Å². The zero-order valence-corrected chi connectivity index (χ0v) is 11.2. The molecule has 0 spiro atoms. The van der Waals surface area contributed by atoms with E-state index in [1.54, 1.807) is 18.2 Å². The van der Waals surface area contributed by atoms with Gasteiger partial charge in [0.15, 0.2) is 0 Å². The van der Waals surface area contributed by atoms with E-state index in [1.165, 1.54) is 14.2 Å². The van der Waals surface area contributed by atoms with Crippen LogP contribution in [0.2, 0.25) is 0 Å². The Bertz CT molecular complexity index is 579. The van der Waals surface area contributed by atoms with E-state index in [9.17, 15) is 4.79 Å². The van der Waals surface area contributed by atoms with Crippen molar-refractivity contribution in [3.63, 3.8) is 0 Å². The van der Waals surface area contributed by atoms with Gasteiger partial charge in [-0.2, -0.15) is 5.26 Å². The van der Waals surface area contributed by atoms with Crippen molar-refractivity contribution >= 4 is 5.91 Å². The molecule has 2 rings (SSSR count). The number of nitriles is 1. The zero-order valence-electron chi connectivity index (χ0n) is 11.2. The Hall–Kier alpha value is -2.68. The number of amides is 1. The molecular formula is C14H14N2O4. The molecular weight excluding hydrogens is 260 g/mol. The minimum atomic E-state index is -0.383. The van der Waals surface area contributed by atoms with Gasteiger partial charge in [0, 0.05) is 18.1 Å². The Morgan fingerprint density at radius 3 is 2.50 bits per heavy atom. The summed E-state index contributed by atoms with van der Waals surface area (Å²) in [6, 6.07) is 6.84. The number of methoxy groups -OCH3 is 2. The summed E-state index contributed by atoms with van der Waals surface area (Å²) in [7, 11) is 3.01. The summed E-state index contributed by atoms with van der Waals surface area (Å²) in [6.07, 6.45) is 0.507. The molecule has 20 heavy (non-hydrogen) atoms. The van der Waals surface area contributed by atoms with Gasteiger partial charge in [-0.3, -0.25) is 10.1 Å². The average Bonchev–Trinajstić information content (AvgIpc) is 2.93. The third-order valence-electron chi connectivity index (χ3n) is 2.85. The number of carbonyl (C=O) groups excluding carboxylic acids is 1. The first-order valence-electron chi connectivity index (χ1n) is 5.98. The van der Waals surface area contributed by atoms with Gasteiger partial charge in [-0.05, 0) is 12.1 Å². The van der Waals surface area contributed by atoms with Crippen molar-refractivity contribution in [3.8, 4) is 17.6 Å². The van der Waals surface area contributed by atoms with Gasteiger partial charge in [-0.1, -0.05) is 0 Å². The molecule has 6 heteroatoms. The normalized spacial score (nSPS) is 13.4. The van der Waals surface area contributed by atoms with Crippen LogP contribution in [0.25, 0.3) is 0 Å². The molecule has 1 heterocycles. The lowest BCUT2D eigenvalue weighted by Crippen LogP contribution is -2.23. The SMILES string of the molecule is COc1cc(OC)cc(C(=O)NC2=C(C#N)CCO2)c1. The van der Waals surface area contributed by atoms with Gasteiger partial charge in [0.1, 0.15) is 17.6 Å². The largest absolute Gasteiger partial charge is 0.497 e. The summed E-state index contributed by atoms with van der Waals surface area (Å²) >= 11 is 0. The molecule has 1 aliphatic heterocycles. The molecule has 0 saturated heterocycles. The second kappa shape index (κ2) is 5.97. The highest BCUT2D eigenvalue weighted by molar-refractivity contribution is 5.96. The molecule has 0 bridgehead atoms. The molecule has 1 aliphatic rings. The first-order chi connectivity index (χ1) is 9.67. The van der Waals surface area contributed by atoms with E-state index in [0.717, 1.165) is 0 Å². The number of carbonyl (C=O) groups is 1. The summed E-state index contributed by atoms with van der Waals surface area (Å²) in [4.78, 5) is 12.2. The van der Waals surface area contributed by atoms with Crippen molar-refractivity contribution in [3.05, 3.63) is 35.2 Å². The van der Waals surface area contributed by atoms with E-state index in [1.807, 2.05) is 6.07 Å². The fourth-order valence-electron chi connectivity index (χ4n) is 1.79. The minimum Gasteiger partial charge on any atom is -0.497 e. The Balaban J connectivity index is 2.23. The molecule has 0 aromatic heterocycles. The monoisotopic (exact) mass is 274 g/mol. The summed E-state index contributed by atoms with van der Waals surface area (Å²) in [5.41, 5.74) is 0.801. The molecule has 1 aromatic carbocycles. The number of benzene rings is 1. The summed E-state index contributed by atoms with van der Waals surface area (Å²) in [6.45, 7) is 0.403. The van der Waals surface area contributed by atoms with Crippen LogP contribution in [0.1, 0.15) is 16.8 Å².